The van der Waals surface area contributed by atoms with E-state index >= 15 is 0 Å². The highest BCUT2D eigenvalue weighted by molar-refractivity contribution is 5.82. The topological polar surface area (TPSA) is 34.1 Å². The predicted octanol–water partition coefficient (Wildman–Crippen LogP) is 6.77. The largest absolute Gasteiger partial charge is 0.489 e. The smallest absolute Gasteiger partial charge is 0.119 e. The van der Waals surface area contributed by atoms with Crippen molar-refractivity contribution in [1.82, 2.24) is 4.98 Å². The third-order valence-corrected chi connectivity index (χ3v) is 4.18. The van der Waals surface area contributed by atoms with E-state index in [0.717, 1.165) is 28.9 Å². The van der Waals surface area contributed by atoms with Crippen molar-refractivity contribution < 1.29 is 4.74 Å². The summed E-state index contributed by atoms with van der Waals surface area (Å²) in [5.41, 5.74) is 4.49. The van der Waals surface area contributed by atoms with Crippen LogP contribution in [0, 0.1) is 0 Å². The van der Waals surface area contributed by atoms with Crippen molar-refractivity contribution in [2.24, 2.45) is 0 Å². The maximum absolute atomic E-state index is 5.83. The van der Waals surface area contributed by atoms with E-state index in [1.54, 1.807) is 0 Å². The predicted molar refractivity (Wildman–Crippen MR) is 121 cm³/mol. The Morgan fingerprint density at radius 1 is 1.04 bits per heavy atom. The van der Waals surface area contributed by atoms with Crippen LogP contribution in [-0.2, 0) is 6.54 Å². The van der Waals surface area contributed by atoms with Crippen LogP contribution in [0.25, 0.3) is 10.9 Å². The zero-order chi connectivity index (χ0) is 20.2. The molecule has 3 heteroatoms. The normalized spacial score (nSPS) is 11.2. The average Bonchev–Trinajstić information content (AvgIpc) is 2.77. The first-order valence-corrected chi connectivity index (χ1v) is 9.87. The van der Waals surface area contributed by atoms with Gasteiger partial charge in [0.1, 0.15) is 12.4 Å². The number of aromatic nitrogens is 1. The molecule has 0 unspecified atom stereocenters. The highest BCUT2D eigenvalue weighted by Gasteiger charge is 2.00. The Bertz CT molecular complexity index is 911. The second kappa shape index (κ2) is 11.6. The van der Waals surface area contributed by atoms with E-state index in [-0.39, 0.29) is 0 Å². The SMILES string of the molecule is C/C=C\C(=C/C)COc1ccc(CNc2ccc3ncccc3c2)cc1.CC. The fourth-order valence-corrected chi connectivity index (χ4v) is 2.70. The van der Waals surface area contributed by atoms with Gasteiger partial charge in [0.25, 0.3) is 0 Å². The molecular weight excluding hydrogens is 344 g/mol. The van der Waals surface area contributed by atoms with Gasteiger partial charge in [-0.1, -0.05) is 50.3 Å². The fraction of sp³-hybridized carbons (Fsp3) is 0.240. The van der Waals surface area contributed by atoms with Crippen LogP contribution in [0.1, 0.15) is 33.3 Å². The van der Waals surface area contributed by atoms with Crippen molar-refractivity contribution >= 4 is 16.6 Å². The van der Waals surface area contributed by atoms with Gasteiger partial charge in [-0.3, -0.25) is 4.98 Å². The minimum atomic E-state index is 0.587. The molecule has 0 amide bonds. The quantitative estimate of drug-likeness (QED) is 0.463. The molecule has 0 aliphatic carbocycles. The zero-order valence-corrected chi connectivity index (χ0v) is 17.3. The molecule has 0 aliphatic rings. The molecule has 0 aliphatic heterocycles. The first-order valence-electron chi connectivity index (χ1n) is 9.87. The number of nitrogens with zero attached hydrogens (tertiary/aromatic N) is 1. The van der Waals surface area contributed by atoms with E-state index in [9.17, 15) is 0 Å². The Morgan fingerprint density at radius 3 is 2.54 bits per heavy atom. The Balaban J connectivity index is 0.00000136. The number of fused-ring (bicyclic) bond motifs is 1. The number of nitrogens with one attached hydrogen (secondary N) is 1. The number of rotatable bonds is 7. The second-order valence-corrected chi connectivity index (χ2v) is 6.06. The number of anilines is 1. The Morgan fingerprint density at radius 2 is 1.82 bits per heavy atom. The molecule has 2 aromatic carbocycles. The van der Waals surface area contributed by atoms with Gasteiger partial charge < -0.3 is 10.1 Å². The van der Waals surface area contributed by atoms with E-state index in [1.807, 2.05) is 64.2 Å². The summed E-state index contributed by atoms with van der Waals surface area (Å²) in [7, 11) is 0. The van der Waals surface area contributed by atoms with Crippen LogP contribution in [0.5, 0.6) is 5.75 Å². The monoisotopic (exact) mass is 374 g/mol. The van der Waals surface area contributed by atoms with E-state index < -0.39 is 0 Å². The first kappa shape index (κ1) is 21.2. The van der Waals surface area contributed by atoms with Crippen LogP contribution in [0.4, 0.5) is 5.69 Å². The number of allylic oxidation sites excluding steroid dienone is 2. The summed E-state index contributed by atoms with van der Waals surface area (Å²) in [4.78, 5) is 4.35. The van der Waals surface area contributed by atoms with Crippen molar-refractivity contribution in [2.45, 2.75) is 34.2 Å². The molecule has 0 fully saturated rings. The average molecular weight is 375 g/mol. The fourth-order valence-electron chi connectivity index (χ4n) is 2.70. The molecule has 3 aromatic rings. The third-order valence-electron chi connectivity index (χ3n) is 4.18. The van der Waals surface area contributed by atoms with Gasteiger partial charge in [0.2, 0.25) is 0 Å². The van der Waals surface area contributed by atoms with Crippen molar-refractivity contribution in [3.63, 3.8) is 0 Å². The second-order valence-electron chi connectivity index (χ2n) is 6.06. The van der Waals surface area contributed by atoms with E-state index in [1.165, 1.54) is 11.1 Å². The number of hydrogen-bond acceptors (Lipinski definition) is 3. The summed E-state index contributed by atoms with van der Waals surface area (Å²) in [5.74, 6) is 0.884. The van der Waals surface area contributed by atoms with E-state index in [4.69, 9.17) is 4.74 Å². The number of benzene rings is 2. The van der Waals surface area contributed by atoms with Crippen LogP contribution in [-0.4, -0.2) is 11.6 Å². The highest BCUT2D eigenvalue weighted by Crippen LogP contribution is 2.19. The molecule has 1 N–H and O–H groups in total. The third kappa shape index (κ3) is 6.27. The number of hydrogen-bond donors (Lipinski definition) is 1. The molecule has 1 heterocycles. The minimum Gasteiger partial charge on any atom is -0.489 e. The molecule has 0 saturated heterocycles. The summed E-state index contributed by atoms with van der Waals surface area (Å²) >= 11 is 0. The van der Waals surface area contributed by atoms with Gasteiger partial charge in [0.05, 0.1) is 5.52 Å². The molecular formula is C25H30N2O. The number of ether oxygens (including phenoxy) is 1. The van der Waals surface area contributed by atoms with Crippen LogP contribution < -0.4 is 10.1 Å². The van der Waals surface area contributed by atoms with Crippen molar-refractivity contribution in [3.8, 4) is 5.75 Å². The lowest BCUT2D eigenvalue weighted by Crippen LogP contribution is -2.01. The van der Waals surface area contributed by atoms with Gasteiger partial charge in [-0.05, 0) is 61.4 Å². The molecule has 0 bridgehead atoms. The van der Waals surface area contributed by atoms with Gasteiger partial charge >= 0.3 is 0 Å². The van der Waals surface area contributed by atoms with Crippen LogP contribution >= 0.6 is 0 Å². The molecule has 1 aromatic heterocycles. The van der Waals surface area contributed by atoms with Gasteiger partial charge in [-0.25, -0.2) is 0 Å². The minimum absolute atomic E-state index is 0.587. The maximum Gasteiger partial charge on any atom is 0.119 e. The lowest BCUT2D eigenvalue weighted by Gasteiger charge is -2.10. The van der Waals surface area contributed by atoms with Crippen LogP contribution in [0.3, 0.4) is 0 Å². The van der Waals surface area contributed by atoms with Crippen molar-refractivity contribution in [3.05, 3.63) is 90.2 Å². The van der Waals surface area contributed by atoms with Gasteiger partial charge in [-0.2, -0.15) is 0 Å². The lowest BCUT2D eigenvalue weighted by molar-refractivity contribution is 0.355. The van der Waals surface area contributed by atoms with Crippen LogP contribution in [0.15, 0.2) is 84.6 Å². The highest BCUT2D eigenvalue weighted by atomic mass is 16.5. The first-order chi connectivity index (χ1) is 13.8. The maximum atomic E-state index is 5.83. The molecule has 146 valence electrons. The van der Waals surface area contributed by atoms with Gasteiger partial charge in [0.15, 0.2) is 0 Å². The van der Waals surface area contributed by atoms with Gasteiger partial charge in [0, 0.05) is 23.8 Å². The number of pyridine rings is 1. The molecule has 0 saturated carbocycles. The van der Waals surface area contributed by atoms with E-state index in [2.05, 4.69) is 52.8 Å². The van der Waals surface area contributed by atoms with Gasteiger partial charge in [-0.15, -0.1) is 0 Å². The summed E-state index contributed by atoms with van der Waals surface area (Å²) in [6.07, 6.45) is 7.97. The molecule has 0 spiro atoms. The summed E-state index contributed by atoms with van der Waals surface area (Å²) in [6.45, 7) is 9.39. The molecule has 28 heavy (non-hydrogen) atoms. The van der Waals surface area contributed by atoms with Crippen molar-refractivity contribution in [1.29, 1.82) is 0 Å². The zero-order valence-electron chi connectivity index (χ0n) is 17.3. The molecule has 3 rings (SSSR count). The summed E-state index contributed by atoms with van der Waals surface area (Å²) in [6, 6.07) is 18.5. The lowest BCUT2D eigenvalue weighted by atomic mass is 10.2. The van der Waals surface area contributed by atoms with Crippen LogP contribution in [0.2, 0.25) is 0 Å². The molecule has 3 nitrogen and oxygen atoms in total. The Kier molecular flexibility index (Phi) is 8.80. The van der Waals surface area contributed by atoms with E-state index in [0.29, 0.717) is 6.61 Å². The Labute approximate surface area is 168 Å². The summed E-state index contributed by atoms with van der Waals surface area (Å²) < 4.78 is 5.83. The molecule has 0 radical (unpaired) electrons. The Hall–Kier alpha value is -3.07. The van der Waals surface area contributed by atoms with Crippen molar-refractivity contribution in [2.75, 3.05) is 11.9 Å². The standard InChI is InChI=1S/C23H24N2O.C2H6/c1-3-6-18(4-2)17-26-22-11-8-19(9-12-22)16-25-21-10-13-23-20(15-21)7-5-14-24-23;1-2/h3-15,25H,16-17H2,1-2H3;1-2H3/b6-3-,18-4+;. The molecule has 0 atom stereocenters. The summed E-state index contributed by atoms with van der Waals surface area (Å²) in [5, 5.41) is 4.60.